The molecule has 0 saturated carbocycles. The molecule has 1 unspecified atom stereocenters. The highest BCUT2D eigenvalue weighted by Crippen LogP contribution is 2.29. The van der Waals surface area contributed by atoms with Gasteiger partial charge in [-0.3, -0.25) is 9.59 Å². The van der Waals surface area contributed by atoms with Gasteiger partial charge in [-0.2, -0.15) is 0 Å². The monoisotopic (exact) mass is 571 g/mol. The second kappa shape index (κ2) is 12.7. The second-order valence-corrected chi connectivity index (χ2v) is 11.2. The maximum Gasteiger partial charge on any atom is 0.267 e. The average molecular weight is 572 g/mol. The van der Waals surface area contributed by atoms with Crippen molar-refractivity contribution >= 4 is 57.2 Å². The molecular formula is C26H34ClN9O2S. The molecule has 1 aliphatic rings. The Morgan fingerprint density at radius 2 is 1.92 bits per heavy atom. The van der Waals surface area contributed by atoms with Gasteiger partial charge in [0.15, 0.2) is 5.13 Å². The molecule has 1 saturated heterocycles. The number of halogens is 1. The largest absolute Gasteiger partial charge is 0.353 e. The zero-order valence-corrected chi connectivity index (χ0v) is 23.8. The van der Waals surface area contributed by atoms with Gasteiger partial charge >= 0.3 is 0 Å². The maximum absolute atomic E-state index is 12.8. The lowest BCUT2D eigenvalue weighted by Gasteiger charge is -2.36. The van der Waals surface area contributed by atoms with E-state index in [-0.39, 0.29) is 30.3 Å². The van der Waals surface area contributed by atoms with Crippen LogP contribution in [0.4, 0.5) is 22.5 Å². The molecule has 1 atom stereocenters. The van der Waals surface area contributed by atoms with Crippen LogP contribution >= 0.6 is 22.9 Å². The smallest absolute Gasteiger partial charge is 0.267 e. The van der Waals surface area contributed by atoms with Crippen LogP contribution in [0.15, 0.2) is 30.5 Å². The summed E-state index contributed by atoms with van der Waals surface area (Å²) in [6.45, 7) is 8.66. The number of carbonyl (C=O) groups excluding carboxylic acids is 2. The number of rotatable bonds is 9. The summed E-state index contributed by atoms with van der Waals surface area (Å²) in [5, 5.41) is 6.95. The van der Waals surface area contributed by atoms with Crippen LogP contribution in [0.25, 0.3) is 0 Å². The lowest BCUT2D eigenvalue weighted by atomic mass is 10.0. The standard InChI is InChI=1S/C26H34ClN9O2S/c1-15(2)19(29)11-23(37)36-9-7-35(8-10-36)22-12-21(31-16(3)32-22)33-26-30-14-20(39-26)25(38)34-24-17(13-28)5-4-6-18(24)27/h4-6,12,14-15,19H,7-11,13,28-29H2,1-3H3,(H,34,38)(H,30,31,32,33). The van der Waals surface area contributed by atoms with Crippen LogP contribution in [-0.4, -0.2) is 63.9 Å². The molecule has 39 heavy (non-hydrogen) atoms. The van der Waals surface area contributed by atoms with Crippen LogP contribution in [0.1, 0.15) is 41.3 Å². The normalized spacial score (nSPS) is 14.4. The van der Waals surface area contributed by atoms with Crippen molar-refractivity contribution in [3.63, 3.8) is 0 Å². The molecular weight excluding hydrogens is 538 g/mol. The van der Waals surface area contributed by atoms with Gasteiger partial charge in [-0.25, -0.2) is 15.0 Å². The van der Waals surface area contributed by atoms with Crippen LogP contribution < -0.4 is 27.0 Å². The molecule has 0 aliphatic carbocycles. The minimum atomic E-state index is -0.329. The molecule has 2 amide bonds. The number of nitrogens with zero attached hydrogens (tertiary/aromatic N) is 5. The van der Waals surface area contributed by atoms with Crippen LogP contribution in [0.3, 0.4) is 0 Å². The Bertz CT molecular complexity index is 1320. The van der Waals surface area contributed by atoms with Crippen LogP contribution in [0.2, 0.25) is 5.02 Å². The fraction of sp³-hybridized carbons (Fsp3) is 0.423. The first-order chi connectivity index (χ1) is 18.6. The fourth-order valence-electron chi connectivity index (χ4n) is 4.13. The summed E-state index contributed by atoms with van der Waals surface area (Å²) < 4.78 is 0. The SMILES string of the molecule is Cc1nc(Nc2ncc(C(=O)Nc3c(Cl)cccc3CN)s2)cc(N2CCN(C(=O)CC(N)C(C)C)CC2)n1. The van der Waals surface area contributed by atoms with Gasteiger partial charge in [-0.15, -0.1) is 0 Å². The van der Waals surface area contributed by atoms with E-state index in [4.69, 9.17) is 23.1 Å². The van der Waals surface area contributed by atoms with Gasteiger partial charge in [-0.05, 0) is 24.5 Å². The maximum atomic E-state index is 12.8. The van der Waals surface area contributed by atoms with Gasteiger partial charge in [-0.1, -0.05) is 48.9 Å². The first-order valence-electron chi connectivity index (χ1n) is 12.8. The molecule has 3 aromatic rings. The van der Waals surface area contributed by atoms with Gasteiger partial charge in [0.2, 0.25) is 5.91 Å². The zero-order chi connectivity index (χ0) is 28.1. The van der Waals surface area contributed by atoms with E-state index in [1.807, 2.05) is 37.8 Å². The Morgan fingerprint density at radius 1 is 1.18 bits per heavy atom. The zero-order valence-electron chi connectivity index (χ0n) is 22.3. The van der Waals surface area contributed by atoms with Crippen LogP contribution in [0, 0.1) is 12.8 Å². The molecule has 208 valence electrons. The first-order valence-corrected chi connectivity index (χ1v) is 14.0. The number of anilines is 4. The molecule has 0 bridgehead atoms. The van der Waals surface area contributed by atoms with Gasteiger partial charge in [0.1, 0.15) is 22.3 Å². The number of aromatic nitrogens is 3. The molecule has 6 N–H and O–H groups in total. The Hall–Kier alpha value is -3.32. The van der Waals surface area contributed by atoms with E-state index in [0.717, 1.165) is 11.4 Å². The third kappa shape index (κ3) is 7.21. The van der Waals surface area contributed by atoms with Crippen molar-refractivity contribution in [2.24, 2.45) is 17.4 Å². The van der Waals surface area contributed by atoms with Crippen molar-refractivity contribution < 1.29 is 9.59 Å². The van der Waals surface area contributed by atoms with Crippen molar-refractivity contribution in [3.8, 4) is 0 Å². The molecule has 1 aliphatic heterocycles. The third-order valence-corrected chi connectivity index (χ3v) is 7.80. The number of benzene rings is 1. The molecule has 1 aromatic carbocycles. The Morgan fingerprint density at radius 3 is 2.62 bits per heavy atom. The highest BCUT2D eigenvalue weighted by Gasteiger charge is 2.24. The van der Waals surface area contributed by atoms with Crippen molar-refractivity contribution in [1.29, 1.82) is 0 Å². The van der Waals surface area contributed by atoms with Gasteiger partial charge in [0.25, 0.3) is 5.91 Å². The topological polar surface area (TPSA) is 155 Å². The summed E-state index contributed by atoms with van der Waals surface area (Å²) in [4.78, 5) is 43.3. The van der Waals surface area contributed by atoms with Crippen molar-refractivity contribution in [3.05, 3.63) is 51.7 Å². The van der Waals surface area contributed by atoms with E-state index in [9.17, 15) is 9.59 Å². The van der Waals surface area contributed by atoms with Crippen molar-refractivity contribution in [1.82, 2.24) is 19.9 Å². The summed E-state index contributed by atoms with van der Waals surface area (Å²) >= 11 is 7.46. The molecule has 0 spiro atoms. The molecule has 13 heteroatoms. The van der Waals surface area contributed by atoms with E-state index in [2.05, 4.69) is 30.5 Å². The summed E-state index contributed by atoms with van der Waals surface area (Å²) in [7, 11) is 0. The lowest BCUT2D eigenvalue weighted by molar-refractivity contribution is -0.132. The fourth-order valence-corrected chi connectivity index (χ4v) is 5.09. The molecule has 0 radical (unpaired) electrons. The highest BCUT2D eigenvalue weighted by molar-refractivity contribution is 7.17. The Balaban J connectivity index is 1.39. The minimum Gasteiger partial charge on any atom is -0.353 e. The van der Waals surface area contributed by atoms with E-state index in [0.29, 0.717) is 65.0 Å². The number of amides is 2. The van der Waals surface area contributed by atoms with Gasteiger partial charge in [0, 0.05) is 51.3 Å². The third-order valence-electron chi connectivity index (χ3n) is 6.57. The molecule has 11 nitrogen and oxygen atoms in total. The number of thiazole rings is 1. The molecule has 4 rings (SSSR count). The minimum absolute atomic E-state index is 0.0921. The van der Waals surface area contributed by atoms with Crippen LogP contribution in [-0.2, 0) is 11.3 Å². The van der Waals surface area contributed by atoms with E-state index < -0.39 is 0 Å². The quantitative estimate of drug-likeness (QED) is 0.302. The lowest BCUT2D eigenvalue weighted by Crippen LogP contribution is -2.50. The first kappa shape index (κ1) is 28.7. The van der Waals surface area contributed by atoms with E-state index in [1.165, 1.54) is 17.5 Å². The molecule has 2 aromatic heterocycles. The summed E-state index contributed by atoms with van der Waals surface area (Å²) in [6, 6.07) is 7.01. The molecule has 3 heterocycles. The van der Waals surface area contributed by atoms with Crippen LogP contribution in [0.5, 0.6) is 0 Å². The molecule has 1 fully saturated rings. The number of para-hydroxylation sites is 1. The van der Waals surface area contributed by atoms with Gasteiger partial charge in [0.05, 0.1) is 16.9 Å². The van der Waals surface area contributed by atoms with E-state index >= 15 is 0 Å². The number of nitrogens with two attached hydrogens (primary N) is 2. The number of piperazine rings is 1. The number of nitrogens with one attached hydrogen (secondary N) is 2. The Labute approximate surface area is 237 Å². The van der Waals surface area contributed by atoms with E-state index in [1.54, 1.807) is 12.1 Å². The summed E-state index contributed by atoms with van der Waals surface area (Å²) in [5.74, 6) is 1.95. The number of carbonyl (C=O) groups is 2. The predicted molar refractivity (Wildman–Crippen MR) is 156 cm³/mol. The average Bonchev–Trinajstić information content (AvgIpc) is 3.38. The summed E-state index contributed by atoms with van der Waals surface area (Å²) in [5.41, 5.74) is 13.1. The van der Waals surface area contributed by atoms with Crippen molar-refractivity contribution in [2.75, 3.05) is 41.7 Å². The van der Waals surface area contributed by atoms with Crippen molar-refractivity contribution in [2.45, 2.75) is 39.8 Å². The van der Waals surface area contributed by atoms with Gasteiger partial charge < -0.3 is 31.9 Å². The summed E-state index contributed by atoms with van der Waals surface area (Å²) in [6.07, 6.45) is 1.86. The second-order valence-electron chi connectivity index (χ2n) is 9.73. The highest BCUT2D eigenvalue weighted by atomic mass is 35.5. The number of aryl methyl sites for hydroxylation is 1. The Kier molecular flexibility index (Phi) is 9.33. The predicted octanol–water partition coefficient (Wildman–Crippen LogP) is 3.37. The number of hydrogen-bond acceptors (Lipinski definition) is 10. The number of hydrogen-bond donors (Lipinski definition) is 4.